The average molecular weight is 313 g/mol. The van der Waals surface area contributed by atoms with Gasteiger partial charge in [-0.2, -0.15) is 0 Å². The van der Waals surface area contributed by atoms with Crippen molar-refractivity contribution in [2.75, 3.05) is 0 Å². The Hall–Kier alpha value is -2.66. The highest BCUT2D eigenvalue weighted by molar-refractivity contribution is 6.30. The first-order valence-electron chi connectivity index (χ1n) is 6.65. The number of nitrogens with zero attached hydrogens (tertiary/aromatic N) is 3. The summed E-state index contributed by atoms with van der Waals surface area (Å²) in [5.74, 6) is -0.181. The first-order chi connectivity index (χ1) is 10.6. The maximum Gasteiger partial charge on any atom is 0.288 e. The van der Waals surface area contributed by atoms with Crippen molar-refractivity contribution < 1.29 is 4.79 Å². The number of aromatic nitrogens is 3. The number of hydrogen-bond donors (Lipinski definition) is 1. The van der Waals surface area contributed by atoms with Gasteiger partial charge in [0.2, 0.25) is 5.82 Å². The zero-order chi connectivity index (χ0) is 15.7. The molecule has 5 nitrogen and oxygen atoms in total. The number of rotatable bonds is 3. The summed E-state index contributed by atoms with van der Waals surface area (Å²) < 4.78 is 1.61. The summed E-state index contributed by atoms with van der Waals surface area (Å²) in [5.41, 5.74) is 7.91. The molecule has 22 heavy (non-hydrogen) atoms. The Balaban J connectivity index is 2.25. The van der Waals surface area contributed by atoms with Gasteiger partial charge in [0.05, 0.1) is 5.69 Å². The second-order valence-electron chi connectivity index (χ2n) is 4.83. The minimum atomic E-state index is -0.671. The SMILES string of the molecule is Cc1ccccc1-n1nc(C(N)=O)nc1-c1cccc(Cl)c1. The van der Waals surface area contributed by atoms with E-state index in [2.05, 4.69) is 10.1 Å². The molecule has 0 fully saturated rings. The highest BCUT2D eigenvalue weighted by atomic mass is 35.5. The van der Waals surface area contributed by atoms with Gasteiger partial charge in [0, 0.05) is 10.6 Å². The Labute approximate surface area is 132 Å². The average Bonchev–Trinajstić information content (AvgIpc) is 2.93. The van der Waals surface area contributed by atoms with Crippen molar-refractivity contribution in [3.05, 3.63) is 64.9 Å². The second kappa shape index (κ2) is 5.61. The molecular weight excluding hydrogens is 300 g/mol. The van der Waals surface area contributed by atoms with Gasteiger partial charge in [-0.15, -0.1) is 5.10 Å². The van der Waals surface area contributed by atoms with E-state index in [-0.39, 0.29) is 5.82 Å². The number of benzene rings is 2. The highest BCUT2D eigenvalue weighted by Gasteiger charge is 2.17. The third kappa shape index (κ3) is 2.58. The van der Waals surface area contributed by atoms with Crippen molar-refractivity contribution in [1.82, 2.24) is 14.8 Å². The number of nitrogens with two attached hydrogens (primary N) is 1. The Morgan fingerprint density at radius 3 is 2.64 bits per heavy atom. The lowest BCUT2D eigenvalue weighted by molar-refractivity contribution is 0.0990. The molecule has 0 saturated heterocycles. The molecule has 0 atom stereocenters. The highest BCUT2D eigenvalue weighted by Crippen LogP contribution is 2.25. The predicted molar refractivity (Wildman–Crippen MR) is 85.1 cm³/mol. The molecule has 0 aliphatic heterocycles. The smallest absolute Gasteiger partial charge is 0.288 e. The van der Waals surface area contributed by atoms with Gasteiger partial charge in [0.1, 0.15) is 0 Å². The molecule has 1 heterocycles. The van der Waals surface area contributed by atoms with Crippen LogP contribution in [0.4, 0.5) is 0 Å². The van der Waals surface area contributed by atoms with Crippen molar-refractivity contribution >= 4 is 17.5 Å². The molecule has 1 amide bonds. The van der Waals surface area contributed by atoms with Crippen LogP contribution >= 0.6 is 11.6 Å². The van der Waals surface area contributed by atoms with Crippen molar-refractivity contribution in [2.24, 2.45) is 5.73 Å². The zero-order valence-corrected chi connectivity index (χ0v) is 12.6. The maximum atomic E-state index is 11.4. The van der Waals surface area contributed by atoms with Crippen LogP contribution in [0.3, 0.4) is 0 Å². The van der Waals surface area contributed by atoms with Crippen LogP contribution in [0.1, 0.15) is 16.2 Å². The van der Waals surface area contributed by atoms with Crippen LogP contribution in [-0.4, -0.2) is 20.7 Å². The molecule has 3 aromatic rings. The quantitative estimate of drug-likeness (QED) is 0.808. The Morgan fingerprint density at radius 2 is 1.95 bits per heavy atom. The summed E-state index contributed by atoms with van der Waals surface area (Å²) in [6.45, 7) is 1.96. The minimum Gasteiger partial charge on any atom is -0.363 e. The predicted octanol–water partition coefficient (Wildman–Crippen LogP) is 3.00. The van der Waals surface area contributed by atoms with Crippen LogP contribution < -0.4 is 5.73 Å². The molecule has 110 valence electrons. The Kier molecular flexibility index (Phi) is 3.65. The molecule has 6 heteroatoms. The maximum absolute atomic E-state index is 11.4. The van der Waals surface area contributed by atoms with Gasteiger partial charge in [-0.1, -0.05) is 41.9 Å². The monoisotopic (exact) mass is 312 g/mol. The first kappa shape index (κ1) is 14.3. The van der Waals surface area contributed by atoms with E-state index in [0.29, 0.717) is 10.8 Å². The fourth-order valence-corrected chi connectivity index (χ4v) is 2.39. The van der Waals surface area contributed by atoms with E-state index >= 15 is 0 Å². The molecule has 2 N–H and O–H groups in total. The largest absolute Gasteiger partial charge is 0.363 e. The number of carbonyl (C=O) groups excluding carboxylic acids is 1. The first-order valence-corrected chi connectivity index (χ1v) is 7.03. The fraction of sp³-hybridized carbons (Fsp3) is 0.0625. The van der Waals surface area contributed by atoms with Crippen molar-refractivity contribution in [1.29, 1.82) is 0 Å². The van der Waals surface area contributed by atoms with E-state index in [0.717, 1.165) is 16.8 Å². The number of hydrogen-bond acceptors (Lipinski definition) is 3. The molecule has 0 unspecified atom stereocenters. The standard InChI is InChI=1S/C16H13ClN4O/c1-10-5-2-3-8-13(10)21-16(19-15(20-21)14(18)22)11-6-4-7-12(17)9-11/h2-9H,1H3,(H2,18,22). The number of amides is 1. The van der Waals surface area contributed by atoms with Gasteiger partial charge in [-0.25, -0.2) is 9.67 Å². The third-order valence-corrected chi connectivity index (χ3v) is 3.49. The number of para-hydroxylation sites is 1. The van der Waals surface area contributed by atoms with Gasteiger partial charge in [-0.3, -0.25) is 4.79 Å². The van der Waals surface area contributed by atoms with Crippen LogP contribution in [0.5, 0.6) is 0 Å². The molecule has 0 bridgehead atoms. The van der Waals surface area contributed by atoms with Crippen LogP contribution in [0.2, 0.25) is 5.02 Å². The number of aryl methyl sites for hydroxylation is 1. The van der Waals surface area contributed by atoms with E-state index in [9.17, 15) is 4.79 Å². The molecule has 0 aliphatic carbocycles. The lowest BCUT2D eigenvalue weighted by Gasteiger charge is -2.08. The number of carbonyl (C=O) groups is 1. The van der Waals surface area contributed by atoms with E-state index < -0.39 is 5.91 Å². The van der Waals surface area contributed by atoms with Gasteiger partial charge in [-0.05, 0) is 30.7 Å². The molecule has 0 radical (unpaired) electrons. The van der Waals surface area contributed by atoms with E-state index in [1.807, 2.05) is 43.3 Å². The van der Waals surface area contributed by atoms with E-state index in [4.69, 9.17) is 17.3 Å². The molecule has 0 spiro atoms. The molecule has 0 aliphatic rings. The van der Waals surface area contributed by atoms with Crippen LogP contribution in [-0.2, 0) is 0 Å². The van der Waals surface area contributed by atoms with Crippen LogP contribution in [0.15, 0.2) is 48.5 Å². The van der Waals surface area contributed by atoms with Gasteiger partial charge in [0.25, 0.3) is 5.91 Å². The van der Waals surface area contributed by atoms with Crippen molar-refractivity contribution in [3.8, 4) is 17.1 Å². The zero-order valence-electron chi connectivity index (χ0n) is 11.8. The summed E-state index contributed by atoms with van der Waals surface area (Å²) in [6.07, 6.45) is 0. The van der Waals surface area contributed by atoms with E-state index in [1.54, 1.807) is 16.8 Å². The summed E-state index contributed by atoms with van der Waals surface area (Å²) in [7, 11) is 0. The molecule has 0 saturated carbocycles. The van der Waals surface area contributed by atoms with Gasteiger partial charge < -0.3 is 5.73 Å². The lowest BCUT2D eigenvalue weighted by atomic mass is 10.2. The van der Waals surface area contributed by atoms with Crippen LogP contribution in [0, 0.1) is 6.92 Å². The van der Waals surface area contributed by atoms with Crippen LogP contribution in [0.25, 0.3) is 17.1 Å². The molecule has 3 rings (SSSR count). The normalized spacial score (nSPS) is 10.6. The van der Waals surface area contributed by atoms with Crippen molar-refractivity contribution in [2.45, 2.75) is 6.92 Å². The van der Waals surface area contributed by atoms with Gasteiger partial charge in [0.15, 0.2) is 5.82 Å². The molecular formula is C16H13ClN4O. The number of primary amides is 1. The lowest BCUT2D eigenvalue weighted by Crippen LogP contribution is -2.13. The summed E-state index contributed by atoms with van der Waals surface area (Å²) >= 11 is 6.04. The fourth-order valence-electron chi connectivity index (χ4n) is 2.20. The molecule has 2 aromatic carbocycles. The Morgan fingerprint density at radius 1 is 1.18 bits per heavy atom. The summed E-state index contributed by atoms with van der Waals surface area (Å²) in [5, 5.41) is 4.82. The summed E-state index contributed by atoms with van der Waals surface area (Å²) in [4.78, 5) is 15.7. The second-order valence-corrected chi connectivity index (χ2v) is 5.27. The number of halogens is 1. The topological polar surface area (TPSA) is 73.8 Å². The minimum absolute atomic E-state index is 0.0294. The Bertz CT molecular complexity index is 857. The third-order valence-electron chi connectivity index (χ3n) is 3.25. The molecule has 1 aromatic heterocycles. The van der Waals surface area contributed by atoms with Gasteiger partial charge >= 0.3 is 0 Å². The van der Waals surface area contributed by atoms with E-state index in [1.165, 1.54) is 0 Å². The summed E-state index contributed by atoms with van der Waals surface area (Å²) in [6, 6.07) is 14.9. The van der Waals surface area contributed by atoms with Crippen molar-refractivity contribution in [3.63, 3.8) is 0 Å².